The molecule has 0 fully saturated rings. The summed E-state index contributed by atoms with van der Waals surface area (Å²) in [6, 6.07) is 8.52. The molecular weight excluding hydrogens is 440 g/mol. The molecule has 0 spiro atoms. The lowest BCUT2D eigenvalue weighted by molar-refractivity contribution is -0.134. The molecular formula is C24H32N4O6. The van der Waals surface area contributed by atoms with Crippen molar-refractivity contribution in [2.75, 3.05) is 19.6 Å². The third kappa shape index (κ3) is 12.3. The van der Waals surface area contributed by atoms with Gasteiger partial charge in [-0.2, -0.15) is 0 Å². The van der Waals surface area contributed by atoms with Crippen LogP contribution in [0.3, 0.4) is 0 Å². The highest BCUT2D eigenvalue weighted by molar-refractivity contribution is 5.94. The number of benzene rings is 1. The lowest BCUT2D eigenvalue weighted by atomic mass is 10.1. The largest absolute Gasteiger partial charge is 0.347 e. The third-order valence-electron chi connectivity index (χ3n) is 4.72. The van der Waals surface area contributed by atoms with Crippen LogP contribution in [0.15, 0.2) is 42.5 Å². The number of unbranched alkanes of at least 4 members (excludes halogenated alkanes) is 2. The second kappa shape index (κ2) is 16.8. The van der Waals surface area contributed by atoms with Gasteiger partial charge in [-0.05, 0) is 37.8 Å². The second-order valence-electron chi connectivity index (χ2n) is 7.50. The van der Waals surface area contributed by atoms with Crippen LogP contribution in [0.2, 0.25) is 0 Å². The molecule has 3 N–H and O–H groups in total. The molecule has 0 aliphatic rings. The Morgan fingerprint density at radius 2 is 1.59 bits per heavy atom. The zero-order valence-corrected chi connectivity index (χ0v) is 19.3. The Balaban J connectivity index is 2.18. The molecule has 0 heterocycles. The maximum absolute atomic E-state index is 12.0. The van der Waals surface area contributed by atoms with E-state index in [1.165, 1.54) is 6.08 Å². The number of aldehydes is 1. The maximum Gasteiger partial charge on any atom is 0.252 e. The summed E-state index contributed by atoms with van der Waals surface area (Å²) < 4.78 is 0. The molecule has 0 aliphatic carbocycles. The number of carbonyl (C=O) groups excluding carboxylic acids is 6. The molecule has 184 valence electrons. The van der Waals surface area contributed by atoms with Crippen molar-refractivity contribution in [2.24, 2.45) is 0 Å². The zero-order chi connectivity index (χ0) is 25.2. The Kier molecular flexibility index (Phi) is 13.9. The van der Waals surface area contributed by atoms with Gasteiger partial charge in [0.15, 0.2) is 0 Å². The Morgan fingerprint density at radius 3 is 2.24 bits per heavy atom. The van der Waals surface area contributed by atoms with Gasteiger partial charge >= 0.3 is 0 Å². The van der Waals surface area contributed by atoms with E-state index in [1.54, 1.807) is 13.0 Å². The van der Waals surface area contributed by atoms with Crippen LogP contribution in [-0.2, 0) is 35.2 Å². The summed E-state index contributed by atoms with van der Waals surface area (Å²) in [5.74, 6) is -1.74. The normalized spacial score (nSPS) is 11.3. The van der Waals surface area contributed by atoms with Gasteiger partial charge in [0, 0.05) is 13.0 Å². The van der Waals surface area contributed by atoms with Gasteiger partial charge in [0.1, 0.15) is 6.29 Å². The minimum atomic E-state index is -0.702. The molecule has 0 saturated carbocycles. The maximum atomic E-state index is 12.0. The van der Waals surface area contributed by atoms with Crippen molar-refractivity contribution in [3.05, 3.63) is 48.0 Å². The topological polar surface area (TPSA) is 142 Å². The van der Waals surface area contributed by atoms with Gasteiger partial charge in [0.25, 0.3) is 5.91 Å². The van der Waals surface area contributed by atoms with Gasteiger partial charge in [0.05, 0.1) is 19.1 Å². The first kappa shape index (κ1) is 28.2. The number of amides is 5. The highest BCUT2D eigenvalue weighted by atomic mass is 16.2. The smallest absolute Gasteiger partial charge is 0.252 e. The van der Waals surface area contributed by atoms with Gasteiger partial charge in [-0.1, -0.05) is 42.8 Å². The molecule has 0 bridgehead atoms. The van der Waals surface area contributed by atoms with Gasteiger partial charge in [-0.15, -0.1) is 0 Å². The number of hydrogen-bond acceptors (Lipinski definition) is 6. The fraction of sp³-hybridized carbons (Fsp3) is 0.417. The number of hydrogen-bond donors (Lipinski definition) is 3. The van der Waals surface area contributed by atoms with Crippen molar-refractivity contribution in [3.8, 4) is 0 Å². The predicted molar refractivity (Wildman–Crippen MR) is 125 cm³/mol. The van der Waals surface area contributed by atoms with Crippen LogP contribution in [0, 0.1) is 0 Å². The minimum Gasteiger partial charge on any atom is -0.347 e. The van der Waals surface area contributed by atoms with Crippen molar-refractivity contribution in [3.63, 3.8) is 0 Å². The second-order valence-corrected chi connectivity index (χ2v) is 7.50. The number of rotatable bonds is 16. The number of imide groups is 1. The summed E-state index contributed by atoms with van der Waals surface area (Å²) in [6.45, 7) is 1.37. The lowest BCUT2D eigenvalue weighted by Gasteiger charge is -2.13. The average Bonchev–Trinajstić information content (AvgIpc) is 2.83. The minimum absolute atomic E-state index is 0.193. The SMILES string of the molecule is C/C=C\C(=O)N(C=O)CCCCCC(=O)NCC(=O)NCC(=O)N[C@H](C=O)Cc1ccccc1. The summed E-state index contributed by atoms with van der Waals surface area (Å²) in [7, 11) is 0. The average molecular weight is 473 g/mol. The predicted octanol–water partition coefficient (Wildman–Crippen LogP) is 0.267. The highest BCUT2D eigenvalue weighted by Gasteiger charge is 2.13. The van der Waals surface area contributed by atoms with E-state index in [1.807, 2.05) is 30.3 Å². The summed E-state index contributed by atoms with van der Waals surface area (Å²) in [6.07, 6.45) is 6.26. The number of nitrogens with one attached hydrogen (secondary N) is 3. The molecule has 10 nitrogen and oxygen atoms in total. The Labute approximate surface area is 199 Å². The Morgan fingerprint density at radius 1 is 0.912 bits per heavy atom. The molecule has 34 heavy (non-hydrogen) atoms. The van der Waals surface area contributed by atoms with E-state index in [9.17, 15) is 28.8 Å². The Hall–Kier alpha value is -3.82. The van der Waals surface area contributed by atoms with E-state index in [-0.39, 0.29) is 37.9 Å². The molecule has 0 radical (unpaired) electrons. The first-order valence-electron chi connectivity index (χ1n) is 11.1. The van der Waals surface area contributed by atoms with Crippen LogP contribution in [0.1, 0.15) is 38.2 Å². The van der Waals surface area contributed by atoms with Crippen LogP contribution >= 0.6 is 0 Å². The van der Waals surface area contributed by atoms with Crippen LogP contribution in [-0.4, -0.2) is 66.9 Å². The number of nitrogens with zero attached hydrogens (tertiary/aromatic N) is 1. The summed E-state index contributed by atoms with van der Waals surface area (Å²) in [5.41, 5.74) is 0.898. The van der Waals surface area contributed by atoms with E-state index >= 15 is 0 Å². The van der Waals surface area contributed by atoms with E-state index in [4.69, 9.17) is 0 Å². The molecule has 10 heteroatoms. The molecule has 1 rings (SSSR count). The lowest BCUT2D eigenvalue weighted by Crippen LogP contribution is -2.45. The van der Waals surface area contributed by atoms with Crippen LogP contribution in [0.4, 0.5) is 0 Å². The summed E-state index contributed by atoms with van der Waals surface area (Å²) in [4.78, 5) is 70.5. The van der Waals surface area contributed by atoms with Crippen molar-refractivity contribution in [1.29, 1.82) is 0 Å². The van der Waals surface area contributed by atoms with Gasteiger partial charge in [-0.3, -0.25) is 28.9 Å². The van der Waals surface area contributed by atoms with E-state index in [2.05, 4.69) is 16.0 Å². The van der Waals surface area contributed by atoms with Gasteiger partial charge in [-0.25, -0.2) is 0 Å². The number of allylic oxidation sites excluding steroid dienone is 1. The Bertz CT molecular complexity index is 856. The molecule has 1 aromatic rings. The summed E-state index contributed by atoms with van der Waals surface area (Å²) in [5, 5.41) is 7.40. The van der Waals surface area contributed by atoms with Crippen LogP contribution in [0.5, 0.6) is 0 Å². The fourth-order valence-corrected chi connectivity index (χ4v) is 2.97. The molecule has 0 unspecified atom stereocenters. The van der Waals surface area contributed by atoms with Gasteiger partial charge in [0.2, 0.25) is 24.1 Å². The van der Waals surface area contributed by atoms with Crippen molar-refractivity contribution in [1.82, 2.24) is 20.9 Å². The zero-order valence-electron chi connectivity index (χ0n) is 19.3. The summed E-state index contributed by atoms with van der Waals surface area (Å²) >= 11 is 0. The molecule has 1 atom stereocenters. The first-order valence-corrected chi connectivity index (χ1v) is 11.1. The van der Waals surface area contributed by atoms with Gasteiger partial charge < -0.3 is 20.7 Å². The number of carbonyl (C=O) groups is 6. The van der Waals surface area contributed by atoms with Crippen LogP contribution < -0.4 is 16.0 Å². The quantitative estimate of drug-likeness (QED) is 0.179. The molecule has 0 aromatic heterocycles. The van der Waals surface area contributed by atoms with E-state index in [0.717, 1.165) is 10.5 Å². The first-order chi connectivity index (χ1) is 16.4. The van der Waals surface area contributed by atoms with Crippen molar-refractivity contribution in [2.45, 2.75) is 45.1 Å². The van der Waals surface area contributed by atoms with E-state index in [0.29, 0.717) is 38.4 Å². The molecule has 0 saturated heterocycles. The standard InChI is InChI=1S/C24H32N4O6/c1-2-9-24(34)28(18-30)13-8-4-7-12-21(31)25-15-22(32)26-16-23(33)27-20(17-29)14-19-10-5-3-6-11-19/h2-3,5-6,9-11,17-18,20H,4,7-8,12-16H2,1H3,(H,25,31)(H,26,32)(H,27,33)/b9-2-/t20-/m0/s1. The van der Waals surface area contributed by atoms with Crippen molar-refractivity contribution >= 4 is 36.3 Å². The molecule has 0 aliphatic heterocycles. The van der Waals surface area contributed by atoms with E-state index < -0.39 is 17.9 Å². The fourth-order valence-electron chi connectivity index (χ4n) is 2.97. The monoisotopic (exact) mass is 472 g/mol. The van der Waals surface area contributed by atoms with Crippen molar-refractivity contribution < 1.29 is 28.8 Å². The third-order valence-corrected chi connectivity index (χ3v) is 4.72. The van der Waals surface area contributed by atoms with Crippen LogP contribution in [0.25, 0.3) is 0 Å². The highest BCUT2D eigenvalue weighted by Crippen LogP contribution is 2.03. The molecule has 5 amide bonds. The molecule has 1 aromatic carbocycles.